The highest BCUT2D eigenvalue weighted by Crippen LogP contribution is 2.38. The summed E-state index contributed by atoms with van der Waals surface area (Å²) < 4.78 is 1.61. The number of aromatic nitrogens is 3. The van der Waals surface area contributed by atoms with Crippen molar-refractivity contribution >= 4 is 35.1 Å². The fourth-order valence-electron chi connectivity index (χ4n) is 7.28. The normalized spacial score (nSPS) is 16.3. The number of carbonyl (C=O) groups excluding carboxylic acids is 4. The number of hydrogen-bond acceptors (Lipinski definition) is 7. The Balaban J connectivity index is 1.15. The molecule has 2 aromatic heterocycles. The standard InChI is InChI=1S/C39H46N8O4/c1-4-39(15-19-46(20-16-39)37(50)33-14-18-45(3)44-33)38(51)47(25-29-10-6-5-9-28(29)24-40-2)26-35(48)42-32-13-12-27-21-31(22-30(27)23-32)36(49)43-34-11-7-8-17-41-34/h5-14,17-18,23,31,40H,4,15-16,19-22,24-26H2,1-3H3,(H,42,48)(H,41,43,49)/t31-/m1/s1. The summed E-state index contributed by atoms with van der Waals surface area (Å²) in [4.78, 5) is 62.1. The Kier molecular flexibility index (Phi) is 10.9. The van der Waals surface area contributed by atoms with Gasteiger partial charge in [0.05, 0.1) is 5.41 Å². The highest BCUT2D eigenvalue weighted by atomic mass is 16.2. The summed E-state index contributed by atoms with van der Waals surface area (Å²) in [6.07, 6.45) is 6.14. The Labute approximate surface area is 298 Å². The predicted octanol–water partition coefficient (Wildman–Crippen LogP) is 4.19. The van der Waals surface area contributed by atoms with Crippen molar-refractivity contribution in [2.45, 2.75) is 52.1 Å². The molecule has 1 fully saturated rings. The van der Waals surface area contributed by atoms with Gasteiger partial charge in [-0.3, -0.25) is 23.9 Å². The van der Waals surface area contributed by atoms with Crippen LogP contribution in [0.25, 0.3) is 0 Å². The number of anilines is 2. The zero-order valence-electron chi connectivity index (χ0n) is 29.5. The first-order valence-electron chi connectivity index (χ1n) is 17.6. The Morgan fingerprint density at radius 2 is 1.67 bits per heavy atom. The van der Waals surface area contributed by atoms with Crippen molar-refractivity contribution in [3.05, 3.63) is 107 Å². The molecular formula is C39H46N8O4. The number of piperidine rings is 1. The van der Waals surface area contributed by atoms with E-state index in [4.69, 9.17) is 0 Å². The van der Waals surface area contributed by atoms with Crippen molar-refractivity contribution in [1.82, 2.24) is 29.9 Å². The molecule has 0 bridgehead atoms. The second-order valence-electron chi connectivity index (χ2n) is 13.6. The number of pyridine rings is 1. The molecule has 3 N–H and O–H groups in total. The van der Waals surface area contributed by atoms with Gasteiger partial charge in [-0.05, 0) is 91.7 Å². The van der Waals surface area contributed by atoms with E-state index in [-0.39, 0.29) is 42.6 Å². The van der Waals surface area contributed by atoms with Gasteiger partial charge >= 0.3 is 0 Å². The lowest BCUT2D eigenvalue weighted by Crippen LogP contribution is -2.52. The van der Waals surface area contributed by atoms with Gasteiger partial charge in [-0.25, -0.2) is 4.98 Å². The van der Waals surface area contributed by atoms with Crippen molar-refractivity contribution in [3.63, 3.8) is 0 Å². The van der Waals surface area contributed by atoms with Crippen molar-refractivity contribution < 1.29 is 19.2 Å². The summed E-state index contributed by atoms with van der Waals surface area (Å²) in [6.45, 7) is 3.65. The maximum atomic E-state index is 14.6. The van der Waals surface area contributed by atoms with E-state index in [1.165, 1.54) is 0 Å². The summed E-state index contributed by atoms with van der Waals surface area (Å²) in [5.74, 6) is -0.313. The van der Waals surface area contributed by atoms with Gasteiger partial charge in [0.25, 0.3) is 5.91 Å². The number of aryl methyl sites for hydroxylation is 1. The van der Waals surface area contributed by atoms with E-state index in [0.717, 1.165) is 22.3 Å². The molecule has 4 amide bonds. The molecule has 0 radical (unpaired) electrons. The van der Waals surface area contributed by atoms with Gasteiger partial charge in [-0.1, -0.05) is 43.3 Å². The van der Waals surface area contributed by atoms with E-state index < -0.39 is 5.41 Å². The number of fused-ring (bicyclic) bond motifs is 1. The third-order valence-corrected chi connectivity index (χ3v) is 10.2. The second kappa shape index (κ2) is 15.7. The van der Waals surface area contributed by atoms with E-state index >= 15 is 0 Å². The summed E-state index contributed by atoms with van der Waals surface area (Å²) in [5, 5.41) is 13.4. The number of hydrogen-bond donors (Lipinski definition) is 3. The first-order chi connectivity index (χ1) is 24.7. The molecule has 6 rings (SSSR count). The third kappa shape index (κ3) is 8.18. The first-order valence-corrected chi connectivity index (χ1v) is 17.6. The molecule has 4 aromatic rings. The maximum Gasteiger partial charge on any atom is 0.274 e. The number of nitrogens with one attached hydrogen (secondary N) is 3. The highest BCUT2D eigenvalue weighted by molar-refractivity contribution is 5.96. The van der Waals surface area contributed by atoms with Gasteiger partial charge in [0.2, 0.25) is 17.7 Å². The van der Waals surface area contributed by atoms with E-state index in [9.17, 15) is 19.2 Å². The van der Waals surface area contributed by atoms with Crippen molar-refractivity contribution in [2.24, 2.45) is 18.4 Å². The van der Waals surface area contributed by atoms with Crippen LogP contribution in [0.15, 0.2) is 79.1 Å². The Bertz CT molecular complexity index is 1880. The summed E-state index contributed by atoms with van der Waals surface area (Å²) in [7, 11) is 3.66. The molecule has 0 unspecified atom stereocenters. The number of nitrogens with zero attached hydrogens (tertiary/aromatic N) is 5. The molecule has 0 saturated carbocycles. The summed E-state index contributed by atoms with van der Waals surface area (Å²) in [5.41, 5.74) is 4.41. The molecule has 0 spiro atoms. The van der Waals surface area contributed by atoms with Gasteiger partial charge in [-0.2, -0.15) is 5.10 Å². The molecular weight excluding hydrogens is 644 g/mol. The lowest BCUT2D eigenvalue weighted by Gasteiger charge is -2.42. The van der Waals surface area contributed by atoms with E-state index in [0.29, 0.717) is 68.9 Å². The minimum atomic E-state index is -0.711. The fraction of sp³-hybridized carbons (Fsp3) is 0.385. The average Bonchev–Trinajstić information content (AvgIpc) is 3.78. The van der Waals surface area contributed by atoms with Crippen molar-refractivity contribution in [3.8, 4) is 0 Å². The molecule has 51 heavy (non-hydrogen) atoms. The Hall–Kier alpha value is -5.36. The smallest absolute Gasteiger partial charge is 0.274 e. The largest absolute Gasteiger partial charge is 0.337 e. The quantitative estimate of drug-likeness (QED) is 0.203. The lowest BCUT2D eigenvalue weighted by atomic mass is 9.74. The Morgan fingerprint density at radius 3 is 2.35 bits per heavy atom. The maximum absolute atomic E-state index is 14.6. The average molecular weight is 691 g/mol. The SMILES string of the molecule is CCC1(C(=O)N(CC(=O)Nc2ccc3c(c2)C[C@H](C(=O)Nc2ccccn2)C3)Cc2ccccc2CNC)CCN(C(=O)c2ccn(C)n2)CC1. The number of rotatable bonds is 12. The monoisotopic (exact) mass is 690 g/mol. The molecule has 1 atom stereocenters. The zero-order valence-corrected chi connectivity index (χ0v) is 29.5. The molecule has 3 heterocycles. The van der Waals surface area contributed by atoms with Crippen LogP contribution in [0.5, 0.6) is 0 Å². The van der Waals surface area contributed by atoms with Crippen LogP contribution < -0.4 is 16.0 Å². The minimum Gasteiger partial charge on any atom is -0.337 e. The topological polar surface area (TPSA) is 142 Å². The fourth-order valence-corrected chi connectivity index (χ4v) is 7.28. The van der Waals surface area contributed by atoms with Crippen LogP contribution in [0.3, 0.4) is 0 Å². The van der Waals surface area contributed by atoms with Crippen LogP contribution in [0, 0.1) is 11.3 Å². The number of amides is 4. The van der Waals surface area contributed by atoms with E-state index in [1.807, 2.05) is 62.5 Å². The number of carbonyl (C=O) groups is 4. The molecule has 2 aliphatic rings. The van der Waals surface area contributed by atoms with Crippen LogP contribution in [-0.4, -0.2) is 74.9 Å². The first kappa shape index (κ1) is 35.5. The Morgan fingerprint density at radius 1 is 0.922 bits per heavy atom. The number of benzene rings is 2. The van der Waals surface area contributed by atoms with Crippen molar-refractivity contribution in [2.75, 3.05) is 37.3 Å². The third-order valence-electron chi connectivity index (χ3n) is 10.2. The second-order valence-corrected chi connectivity index (χ2v) is 13.6. The van der Waals surface area contributed by atoms with Gasteiger partial charge in [0, 0.05) is 57.2 Å². The van der Waals surface area contributed by atoms with Crippen LogP contribution >= 0.6 is 0 Å². The van der Waals surface area contributed by atoms with Crippen LogP contribution in [-0.2, 0) is 47.4 Å². The van der Waals surface area contributed by atoms with E-state index in [1.54, 1.807) is 52.1 Å². The lowest BCUT2D eigenvalue weighted by molar-refractivity contribution is -0.147. The van der Waals surface area contributed by atoms with Gasteiger partial charge in [0.1, 0.15) is 18.1 Å². The van der Waals surface area contributed by atoms with Crippen molar-refractivity contribution in [1.29, 1.82) is 0 Å². The minimum absolute atomic E-state index is 0.0833. The van der Waals surface area contributed by atoms with Gasteiger partial charge in [-0.15, -0.1) is 0 Å². The van der Waals surface area contributed by atoms with Gasteiger partial charge < -0.3 is 25.8 Å². The van der Waals surface area contributed by atoms with E-state index in [2.05, 4.69) is 26.0 Å². The molecule has 1 aliphatic carbocycles. The molecule has 12 heteroatoms. The predicted molar refractivity (Wildman–Crippen MR) is 195 cm³/mol. The number of likely N-dealkylation sites (tertiary alicyclic amines) is 1. The van der Waals surface area contributed by atoms with Crippen LogP contribution in [0.1, 0.15) is 58.9 Å². The summed E-state index contributed by atoms with van der Waals surface area (Å²) >= 11 is 0. The summed E-state index contributed by atoms with van der Waals surface area (Å²) in [6, 6.07) is 20.8. The highest BCUT2D eigenvalue weighted by Gasteiger charge is 2.44. The molecule has 1 saturated heterocycles. The molecule has 2 aromatic carbocycles. The molecule has 1 aliphatic heterocycles. The van der Waals surface area contributed by atoms with Crippen LogP contribution in [0.4, 0.5) is 11.5 Å². The molecule has 12 nitrogen and oxygen atoms in total. The van der Waals surface area contributed by atoms with Gasteiger partial charge in [0.15, 0.2) is 0 Å². The zero-order chi connectivity index (χ0) is 36.0. The molecule has 266 valence electrons. The van der Waals surface area contributed by atoms with Crippen LogP contribution in [0.2, 0.25) is 0 Å².